The smallest absolute Gasteiger partial charge is 0.229 e. The van der Waals surface area contributed by atoms with Crippen LogP contribution in [0.25, 0.3) is 0 Å². The molecular formula is C22H23ClN2O3. The van der Waals surface area contributed by atoms with Crippen molar-refractivity contribution in [2.75, 3.05) is 11.9 Å². The minimum atomic E-state index is -0.285. The molecule has 1 saturated carbocycles. The fourth-order valence-electron chi connectivity index (χ4n) is 3.98. The van der Waals surface area contributed by atoms with Gasteiger partial charge in [0.15, 0.2) is 0 Å². The number of rotatable bonds is 5. The van der Waals surface area contributed by atoms with Crippen molar-refractivity contribution >= 4 is 29.1 Å². The van der Waals surface area contributed by atoms with Gasteiger partial charge in [0.05, 0.1) is 10.9 Å². The number of halogens is 1. The summed E-state index contributed by atoms with van der Waals surface area (Å²) in [6.07, 6.45) is 4.78. The van der Waals surface area contributed by atoms with Crippen LogP contribution in [0.3, 0.4) is 0 Å². The van der Waals surface area contributed by atoms with E-state index in [0.29, 0.717) is 41.2 Å². The van der Waals surface area contributed by atoms with Crippen molar-refractivity contribution in [1.82, 2.24) is 4.90 Å². The number of nitrogens with zero attached hydrogens (tertiary/aromatic N) is 1. The van der Waals surface area contributed by atoms with E-state index in [0.717, 1.165) is 12.8 Å². The lowest BCUT2D eigenvalue weighted by Crippen LogP contribution is -2.35. The molecule has 28 heavy (non-hydrogen) atoms. The molecule has 1 heterocycles. The maximum atomic E-state index is 12.6. The molecule has 1 aliphatic carbocycles. The van der Waals surface area contributed by atoms with E-state index < -0.39 is 0 Å². The van der Waals surface area contributed by atoms with Gasteiger partial charge in [0, 0.05) is 24.7 Å². The number of benzene rings is 2. The minimum absolute atomic E-state index is 0.103. The van der Waals surface area contributed by atoms with Gasteiger partial charge in [-0.25, -0.2) is 0 Å². The predicted octanol–water partition coefficient (Wildman–Crippen LogP) is 4.86. The number of amides is 2. The van der Waals surface area contributed by atoms with Crippen molar-refractivity contribution < 1.29 is 14.3 Å². The number of hydrogen-bond acceptors (Lipinski definition) is 3. The second-order valence-electron chi connectivity index (χ2n) is 7.43. The highest BCUT2D eigenvalue weighted by Crippen LogP contribution is 2.31. The lowest BCUT2D eigenvalue weighted by atomic mass is 10.1. The average Bonchev–Trinajstić information content (AvgIpc) is 3.34. The monoisotopic (exact) mass is 398 g/mol. The zero-order valence-electron chi connectivity index (χ0n) is 15.6. The van der Waals surface area contributed by atoms with E-state index in [1.165, 1.54) is 12.8 Å². The number of carbonyl (C=O) groups excluding carboxylic acids is 2. The van der Waals surface area contributed by atoms with Crippen LogP contribution in [0.2, 0.25) is 5.02 Å². The zero-order valence-corrected chi connectivity index (χ0v) is 16.3. The molecule has 1 N–H and O–H groups in total. The zero-order chi connectivity index (χ0) is 19.5. The Balaban J connectivity index is 1.34. The van der Waals surface area contributed by atoms with Gasteiger partial charge >= 0.3 is 0 Å². The van der Waals surface area contributed by atoms with Crippen LogP contribution in [-0.4, -0.2) is 29.3 Å². The highest BCUT2D eigenvalue weighted by molar-refractivity contribution is 6.32. The lowest BCUT2D eigenvalue weighted by molar-refractivity contribution is -0.129. The Hall–Kier alpha value is -2.53. The molecule has 1 saturated heterocycles. The van der Waals surface area contributed by atoms with Crippen molar-refractivity contribution in [3.05, 3.63) is 53.6 Å². The van der Waals surface area contributed by atoms with Crippen LogP contribution in [0.1, 0.15) is 32.1 Å². The molecule has 0 radical (unpaired) electrons. The van der Waals surface area contributed by atoms with E-state index in [-0.39, 0.29) is 17.7 Å². The standard InChI is InChI=1S/C22H23ClN2O3/c23-19-7-3-4-8-20(19)28-18-11-9-16(10-12-18)24-22(27)15-13-21(26)25(14-15)17-5-1-2-6-17/h3-4,7-12,15,17H,1-2,5-6,13-14H2,(H,24,27). The van der Waals surface area contributed by atoms with E-state index in [9.17, 15) is 9.59 Å². The van der Waals surface area contributed by atoms with Crippen LogP contribution < -0.4 is 10.1 Å². The first kappa shape index (κ1) is 18.8. The SMILES string of the molecule is O=C(Nc1ccc(Oc2ccccc2Cl)cc1)C1CC(=O)N(C2CCCC2)C1. The number of para-hydroxylation sites is 1. The molecule has 0 spiro atoms. The number of hydrogen-bond donors (Lipinski definition) is 1. The average molecular weight is 399 g/mol. The molecule has 2 fully saturated rings. The quantitative estimate of drug-likeness (QED) is 0.782. The van der Waals surface area contributed by atoms with Gasteiger partial charge in [-0.2, -0.15) is 0 Å². The Kier molecular flexibility index (Phi) is 5.53. The molecule has 0 bridgehead atoms. The van der Waals surface area contributed by atoms with Crippen LogP contribution >= 0.6 is 11.6 Å². The van der Waals surface area contributed by atoms with Gasteiger partial charge in [-0.1, -0.05) is 36.6 Å². The molecule has 2 aromatic rings. The van der Waals surface area contributed by atoms with Gasteiger partial charge in [0.25, 0.3) is 0 Å². The van der Waals surface area contributed by atoms with Crippen LogP contribution in [-0.2, 0) is 9.59 Å². The molecule has 1 unspecified atom stereocenters. The Labute approximate surface area is 169 Å². The van der Waals surface area contributed by atoms with Gasteiger partial charge < -0.3 is 15.0 Å². The summed E-state index contributed by atoms with van der Waals surface area (Å²) in [4.78, 5) is 26.8. The predicted molar refractivity (Wildman–Crippen MR) is 109 cm³/mol. The second-order valence-corrected chi connectivity index (χ2v) is 7.84. The molecule has 1 aliphatic heterocycles. The summed E-state index contributed by atoms with van der Waals surface area (Å²) in [5, 5.41) is 3.46. The summed E-state index contributed by atoms with van der Waals surface area (Å²) in [7, 11) is 0. The summed E-state index contributed by atoms with van der Waals surface area (Å²) in [5.74, 6) is 0.934. The van der Waals surface area contributed by atoms with Crippen molar-refractivity contribution in [1.29, 1.82) is 0 Å². The normalized spacial score (nSPS) is 19.8. The van der Waals surface area contributed by atoms with Crippen LogP contribution in [0.5, 0.6) is 11.5 Å². The Bertz CT molecular complexity index is 862. The molecule has 2 aromatic carbocycles. The summed E-state index contributed by atoms with van der Waals surface area (Å²) in [6, 6.07) is 14.7. The molecule has 0 aromatic heterocycles. The van der Waals surface area contributed by atoms with Gasteiger partial charge in [-0.3, -0.25) is 9.59 Å². The molecule has 2 amide bonds. The third-order valence-electron chi connectivity index (χ3n) is 5.48. The Morgan fingerprint density at radius 1 is 1.07 bits per heavy atom. The summed E-state index contributed by atoms with van der Waals surface area (Å²) >= 11 is 6.10. The first-order valence-corrected chi connectivity index (χ1v) is 10.1. The topological polar surface area (TPSA) is 58.6 Å². The third kappa shape index (κ3) is 4.14. The highest BCUT2D eigenvalue weighted by atomic mass is 35.5. The van der Waals surface area contributed by atoms with Gasteiger partial charge in [0.1, 0.15) is 11.5 Å². The summed E-state index contributed by atoms with van der Waals surface area (Å²) in [5.41, 5.74) is 0.684. The van der Waals surface area contributed by atoms with Crippen molar-refractivity contribution in [3.8, 4) is 11.5 Å². The second kappa shape index (κ2) is 8.23. The maximum absolute atomic E-state index is 12.6. The fourth-order valence-corrected chi connectivity index (χ4v) is 4.16. The Morgan fingerprint density at radius 2 is 1.79 bits per heavy atom. The van der Waals surface area contributed by atoms with E-state index in [1.54, 1.807) is 36.4 Å². The molecule has 2 aliphatic rings. The molecule has 5 nitrogen and oxygen atoms in total. The number of anilines is 1. The molecular weight excluding hydrogens is 376 g/mol. The molecule has 146 valence electrons. The van der Waals surface area contributed by atoms with Gasteiger partial charge in [-0.15, -0.1) is 0 Å². The first-order valence-electron chi connectivity index (χ1n) is 9.73. The summed E-state index contributed by atoms with van der Waals surface area (Å²) in [6.45, 7) is 0.531. The number of likely N-dealkylation sites (tertiary alicyclic amines) is 1. The van der Waals surface area contributed by atoms with Crippen molar-refractivity contribution in [2.24, 2.45) is 5.92 Å². The first-order chi connectivity index (χ1) is 13.6. The minimum Gasteiger partial charge on any atom is -0.456 e. The largest absolute Gasteiger partial charge is 0.456 e. The van der Waals surface area contributed by atoms with E-state index in [1.807, 2.05) is 17.0 Å². The maximum Gasteiger partial charge on any atom is 0.229 e. The summed E-state index contributed by atoms with van der Waals surface area (Å²) < 4.78 is 5.76. The lowest BCUT2D eigenvalue weighted by Gasteiger charge is -2.23. The molecule has 6 heteroatoms. The fraction of sp³-hybridized carbons (Fsp3) is 0.364. The number of ether oxygens (including phenoxy) is 1. The van der Waals surface area contributed by atoms with Crippen LogP contribution in [0, 0.1) is 5.92 Å². The van der Waals surface area contributed by atoms with E-state index in [4.69, 9.17) is 16.3 Å². The Morgan fingerprint density at radius 3 is 2.50 bits per heavy atom. The molecule has 4 rings (SSSR count). The number of nitrogens with one attached hydrogen (secondary N) is 1. The molecule has 1 atom stereocenters. The van der Waals surface area contributed by atoms with Crippen molar-refractivity contribution in [2.45, 2.75) is 38.1 Å². The van der Waals surface area contributed by atoms with Crippen molar-refractivity contribution in [3.63, 3.8) is 0 Å². The highest BCUT2D eigenvalue weighted by Gasteiger charge is 2.38. The van der Waals surface area contributed by atoms with Gasteiger partial charge in [-0.05, 0) is 49.2 Å². The van der Waals surface area contributed by atoms with E-state index in [2.05, 4.69) is 5.32 Å². The van der Waals surface area contributed by atoms with E-state index >= 15 is 0 Å². The van der Waals surface area contributed by atoms with Crippen LogP contribution in [0.15, 0.2) is 48.5 Å². The van der Waals surface area contributed by atoms with Gasteiger partial charge in [0.2, 0.25) is 11.8 Å². The third-order valence-corrected chi connectivity index (χ3v) is 5.79. The van der Waals surface area contributed by atoms with Crippen LogP contribution in [0.4, 0.5) is 5.69 Å². The number of carbonyl (C=O) groups is 2.